The lowest BCUT2D eigenvalue weighted by molar-refractivity contribution is -0.141. The first-order valence-corrected chi connectivity index (χ1v) is 6.95. The summed E-state index contributed by atoms with van der Waals surface area (Å²) in [5.41, 5.74) is 1.09. The molecule has 0 aliphatic heterocycles. The fourth-order valence-corrected chi connectivity index (χ4v) is 1.95. The van der Waals surface area contributed by atoms with Crippen LogP contribution in [0.5, 0.6) is 0 Å². The smallest absolute Gasteiger partial charge is 0.321 e. The first-order chi connectivity index (χ1) is 11.0. The quantitative estimate of drug-likeness (QED) is 0.724. The predicted octanol–water partition coefficient (Wildman–Crippen LogP) is 1.79. The second-order valence-electron chi connectivity index (χ2n) is 4.90. The van der Waals surface area contributed by atoms with Crippen LogP contribution in [0.2, 0.25) is 0 Å². The Morgan fingerprint density at radius 1 is 1.26 bits per heavy atom. The van der Waals surface area contributed by atoms with Crippen molar-refractivity contribution < 1.29 is 19.1 Å². The zero-order valence-electron chi connectivity index (χ0n) is 12.2. The number of anilines is 1. The van der Waals surface area contributed by atoms with E-state index in [4.69, 9.17) is 0 Å². The lowest BCUT2D eigenvalue weighted by Crippen LogP contribution is -2.39. The van der Waals surface area contributed by atoms with E-state index < -0.39 is 23.7 Å². The maximum atomic E-state index is 13.1. The number of nitrogens with one attached hydrogen (secondary N) is 2. The minimum atomic E-state index is -1.14. The van der Waals surface area contributed by atoms with Crippen LogP contribution in [0.1, 0.15) is 12.0 Å². The van der Waals surface area contributed by atoms with E-state index in [9.17, 15) is 19.1 Å². The molecule has 1 amide bonds. The zero-order chi connectivity index (χ0) is 16.7. The minimum Gasteiger partial charge on any atom is -0.480 e. The number of halogens is 1. The summed E-state index contributed by atoms with van der Waals surface area (Å²) in [5.74, 6) is -2.13. The summed E-state index contributed by atoms with van der Waals surface area (Å²) in [6.07, 6.45) is 2.95. The Hall–Kier alpha value is -2.80. The van der Waals surface area contributed by atoms with Crippen molar-refractivity contribution in [2.24, 2.45) is 0 Å². The number of rotatable bonds is 7. The highest BCUT2D eigenvalue weighted by atomic mass is 19.1. The Kier molecular flexibility index (Phi) is 5.76. The second kappa shape index (κ2) is 8.00. The van der Waals surface area contributed by atoms with Crippen molar-refractivity contribution in [3.63, 3.8) is 0 Å². The molecule has 1 unspecified atom stereocenters. The molecule has 0 aliphatic rings. The van der Waals surface area contributed by atoms with E-state index in [2.05, 4.69) is 15.6 Å². The summed E-state index contributed by atoms with van der Waals surface area (Å²) in [5, 5.41) is 14.5. The minimum absolute atomic E-state index is 0.272. The van der Waals surface area contributed by atoms with E-state index in [1.807, 2.05) is 0 Å². The van der Waals surface area contributed by atoms with E-state index in [1.165, 1.54) is 18.2 Å². The first-order valence-electron chi connectivity index (χ1n) is 6.95. The molecule has 0 bridgehead atoms. The average molecular weight is 317 g/mol. The third-order valence-corrected chi connectivity index (χ3v) is 3.07. The molecule has 0 spiro atoms. The number of aromatic nitrogens is 1. The fourth-order valence-electron chi connectivity index (χ4n) is 1.95. The number of amides is 1. The summed E-state index contributed by atoms with van der Waals surface area (Å²) in [6, 6.07) is 7.89. The molecule has 23 heavy (non-hydrogen) atoms. The van der Waals surface area contributed by atoms with Gasteiger partial charge < -0.3 is 10.4 Å². The third kappa shape index (κ3) is 5.48. The van der Waals surface area contributed by atoms with Crippen LogP contribution in [0.25, 0.3) is 0 Å². The molecule has 3 N–H and O–H groups in total. The van der Waals surface area contributed by atoms with Crippen molar-refractivity contribution in [3.8, 4) is 0 Å². The summed E-state index contributed by atoms with van der Waals surface area (Å²) < 4.78 is 13.1. The van der Waals surface area contributed by atoms with E-state index in [0.29, 0.717) is 0 Å². The number of hydrogen-bond donors (Lipinski definition) is 3. The summed E-state index contributed by atoms with van der Waals surface area (Å²) in [6.45, 7) is 0.276. The van der Waals surface area contributed by atoms with Crippen molar-refractivity contribution in [2.45, 2.75) is 19.0 Å². The lowest BCUT2D eigenvalue weighted by atomic mass is 10.1. The van der Waals surface area contributed by atoms with Crippen molar-refractivity contribution in [1.82, 2.24) is 10.3 Å². The lowest BCUT2D eigenvalue weighted by Gasteiger charge is -2.14. The molecule has 1 aromatic carbocycles. The predicted molar refractivity (Wildman–Crippen MR) is 82.1 cm³/mol. The maximum Gasteiger partial charge on any atom is 0.321 e. The number of carbonyl (C=O) groups is 2. The summed E-state index contributed by atoms with van der Waals surface area (Å²) >= 11 is 0. The highest BCUT2D eigenvalue weighted by Gasteiger charge is 2.20. The molecular weight excluding hydrogens is 301 g/mol. The Labute approximate surface area is 132 Å². The second-order valence-corrected chi connectivity index (χ2v) is 4.90. The molecule has 0 aliphatic carbocycles. The topological polar surface area (TPSA) is 91.3 Å². The van der Waals surface area contributed by atoms with Crippen LogP contribution < -0.4 is 10.6 Å². The van der Waals surface area contributed by atoms with Crippen LogP contribution in [0.3, 0.4) is 0 Å². The van der Waals surface area contributed by atoms with Gasteiger partial charge in [-0.3, -0.25) is 19.9 Å². The van der Waals surface area contributed by atoms with Gasteiger partial charge in [0.1, 0.15) is 11.9 Å². The molecule has 0 saturated heterocycles. The van der Waals surface area contributed by atoms with Gasteiger partial charge in [0.2, 0.25) is 5.91 Å². The number of carbonyl (C=O) groups excluding carboxylic acids is 1. The molecule has 6 nitrogen and oxygen atoms in total. The van der Waals surface area contributed by atoms with E-state index in [-0.39, 0.29) is 18.7 Å². The van der Waals surface area contributed by atoms with Gasteiger partial charge >= 0.3 is 5.97 Å². The third-order valence-electron chi connectivity index (χ3n) is 3.07. The normalized spacial score (nSPS) is 11.7. The Morgan fingerprint density at radius 3 is 2.74 bits per heavy atom. The standard InChI is InChI=1S/C16H16FN3O3/c17-12-4-1-5-13(7-12)20-15(21)8-14(16(22)23)19-10-11-3-2-6-18-9-11/h1-7,9,14,19H,8,10H2,(H,20,21)(H,22,23). The van der Waals surface area contributed by atoms with Crippen LogP contribution in [-0.4, -0.2) is 28.0 Å². The Balaban J connectivity index is 1.91. The summed E-state index contributed by atoms with van der Waals surface area (Å²) in [7, 11) is 0. The molecule has 0 radical (unpaired) electrons. The number of carboxylic acid groups (broad SMARTS) is 1. The molecule has 0 saturated carbocycles. The zero-order valence-corrected chi connectivity index (χ0v) is 12.2. The van der Waals surface area contributed by atoms with Gasteiger partial charge in [-0.2, -0.15) is 0 Å². The molecule has 1 atom stereocenters. The maximum absolute atomic E-state index is 13.1. The molecule has 1 heterocycles. The van der Waals surface area contributed by atoms with Crippen molar-refractivity contribution in [3.05, 3.63) is 60.2 Å². The molecule has 2 rings (SSSR count). The van der Waals surface area contributed by atoms with Gasteiger partial charge in [0.25, 0.3) is 0 Å². The number of hydrogen-bond acceptors (Lipinski definition) is 4. The van der Waals surface area contributed by atoms with Gasteiger partial charge in [0.15, 0.2) is 0 Å². The molecular formula is C16H16FN3O3. The van der Waals surface area contributed by atoms with Crippen LogP contribution in [0, 0.1) is 5.82 Å². The SMILES string of the molecule is O=C(CC(NCc1cccnc1)C(=O)O)Nc1cccc(F)c1. The monoisotopic (exact) mass is 317 g/mol. The Morgan fingerprint density at radius 2 is 2.09 bits per heavy atom. The number of nitrogens with zero attached hydrogens (tertiary/aromatic N) is 1. The van der Waals surface area contributed by atoms with Crippen LogP contribution in [0.15, 0.2) is 48.8 Å². The van der Waals surface area contributed by atoms with E-state index >= 15 is 0 Å². The molecule has 1 aromatic heterocycles. The van der Waals surface area contributed by atoms with Gasteiger partial charge in [-0.1, -0.05) is 12.1 Å². The molecule has 7 heteroatoms. The first kappa shape index (κ1) is 16.6. The molecule has 0 fully saturated rings. The largest absolute Gasteiger partial charge is 0.480 e. The average Bonchev–Trinajstić information content (AvgIpc) is 2.52. The van der Waals surface area contributed by atoms with Crippen LogP contribution in [0.4, 0.5) is 10.1 Å². The van der Waals surface area contributed by atoms with Crippen molar-refractivity contribution in [2.75, 3.05) is 5.32 Å². The van der Waals surface area contributed by atoms with Gasteiger partial charge in [0, 0.05) is 24.6 Å². The van der Waals surface area contributed by atoms with E-state index in [1.54, 1.807) is 24.5 Å². The van der Waals surface area contributed by atoms with Gasteiger partial charge in [-0.15, -0.1) is 0 Å². The highest BCUT2D eigenvalue weighted by Crippen LogP contribution is 2.10. The van der Waals surface area contributed by atoms with E-state index in [0.717, 1.165) is 11.6 Å². The highest BCUT2D eigenvalue weighted by molar-refractivity contribution is 5.94. The van der Waals surface area contributed by atoms with Gasteiger partial charge in [-0.25, -0.2) is 4.39 Å². The molecule has 2 aromatic rings. The number of carboxylic acids is 1. The number of pyridine rings is 1. The van der Waals surface area contributed by atoms with Crippen LogP contribution >= 0.6 is 0 Å². The number of benzene rings is 1. The summed E-state index contributed by atoms with van der Waals surface area (Å²) in [4.78, 5) is 27.1. The number of aliphatic carboxylic acids is 1. The van der Waals surface area contributed by atoms with Gasteiger partial charge in [-0.05, 0) is 29.8 Å². The molecule has 120 valence electrons. The van der Waals surface area contributed by atoms with Crippen LogP contribution in [-0.2, 0) is 16.1 Å². The van der Waals surface area contributed by atoms with Crippen molar-refractivity contribution in [1.29, 1.82) is 0 Å². The fraction of sp³-hybridized carbons (Fsp3) is 0.188. The Bertz CT molecular complexity index is 679. The van der Waals surface area contributed by atoms with Gasteiger partial charge in [0.05, 0.1) is 6.42 Å². The van der Waals surface area contributed by atoms with Crippen molar-refractivity contribution >= 4 is 17.6 Å².